The van der Waals surface area contributed by atoms with Gasteiger partial charge in [0.1, 0.15) is 17.3 Å². The number of ether oxygens (including phenoxy) is 2. The number of carbonyl (C=O) groups is 2. The van der Waals surface area contributed by atoms with Crippen molar-refractivity contribution in [1.82, 2.24) is 14.5 Å². The van der Waals surface area contributed by atoms with E-state index >= 15 is 0 Å². The molecular weight excluding hydrogens is 446 g/mol. The van der Waals surface area contributed by atoms with Crippen molar-refractivity contribution < 1.29 is 24.2 Å². The molecular formula is C27H29N3O5. The number of benzene rings is 2. The fourth-order valence-electron chi connectivity index (χ4n) is 4.19. The molecule has 1 atom stereocenters. The number of carbonyl (C=O) groups excluding carboxylic acids is 2. The average Bonchev–Trinajstić information content (AvgIpc) is 3.50. The van der Waals surface area contributed by atoms with E-state index in [0.29, 0.717) is 43.2 Å². The molecule has 0 bridgehead atoms. The zero-order valence-corrected chi connectivity index (χ0v) is 19.9. The molecule has 4 rings (SSSR count). The minimum atomic E-state index is -0.718. The van der Waals surface area contributed by atoms with E-state index in [2.05, 4.69) is 4.98 Å². The van der Waals surface area contributed by atoms with Crippen LogP contribution in [0.25, 0.3) is 5.76 Å². The van der Waals surface area contributed by atoms with Crippen molar-refractivity contribution in [3.63, 3.8) is 0 Å². The van der Waals surface area contributed by atoms with Crippen LogP contribution in [0.4, 0.5) is 0 Å². The lowest BCUT2D eigenvalue weighted by Gasteiger charge is -2.25. The maximum atomic E-state index is 13.2. The molecule has 182 valence electrons. The quantitative estimate of drug-likeness (QED) is 0.268. The van der Waals surface area contributed by atoms with Crippen molar-refractivity contribution in [2.45, 2.75) is 32.4 Å². The van der Waals surface area contributed by atoms with Gasteiger partial charge in [0.2, 0.25) is 0 Å². The first-order valence-corrected chi connectivity index (χ1v) is 11.6. The second kappa shape index (κ2) is 10.9. The largest absolute Gasteiger partial charge is 0.507 e. The Bertz CT molecular complexity index is 1200. The third kappa shape index (κ3) is 5.21. The van der Waals surface area contributed by atoms with Crippen LogP contribution in [0.2, 0.25) is 0 Å². The standard InChI is InChI=1S/C27H29N3O5/c1-3-16-35-21-10-8-19(9-11-21)24-23(25(31)20-6-4-7-22(17-20)34-2)26(32)27(33)30(24)14-5-13-29-15-12-28-18-29/h4,6-12,15,17-18,24,31H,3,5,13-14,16H2,1-2H3. The third-order valence-electron chi connectivity index (χ3n) is 5.93. The second-order valence-corrected chi connectivity index (χ2v) is 8.30. The van der Waals surface area contributed by atoms with Gasteiger partial charge >= 0.3 is 0 Å². The number of ketones is 1. The number of aliphatic hydroxyl groups excluding tert-OH is 1. The van der Waals surface area contributed by atoms with Crippen LogP contribution in [0, 0.1) is 0 Å². The monoisotopic (exact) mass is 475 g/mol. The lowest BCUT2D eigenvalue weighted by Crippen LogP contribution is -2.31. The SMILES string of the molecule is CCCOc1ccc(C2C(=C(O)c3cccc(OC)c3)C(=O)C(=O)N2CCCn2ccnc2)cc1. The van der Waals surface area contributed by atoms with Crippen LogP contribution >= 0.6 is 0 Å². The maximum absolute atomic E-state index is 13.2. The van der Waals surface area contributed by atoms with Crippen LogP contribution in [0.5, 0.6) is 11.5 Å². The lowest BCUT2D eigenvalue weighted by atomic mass is 9.95. The predicted octanol–water partition coefficient (Wildman–Crippen LogP) is 4.19. The van der Waals surface area contributed by atoms with Gasteiger partial charge in [-0.25, -0.2) is 4.98 Å². The van der Waals surface area contributed by atoms with Gasteiger partial charge in [-0.3, -0.25) is 9.59 Å². The summed E-state index contributed by atoms with van der Waals surface area (Å²) < 4.78 is 12.9. The van der Waals surface area contributed by atoms with Crippen molar-refractivity contribution in [2.24, 2.45) is 0 Å². The number of likely N-dealkylation sites (tertiary alicyclic amines) is 1. The Kier molecular flexibility index (Phi) is 7.50. The Morgan fingerprint density at radius 3 is 2.57 bits per heavy atom. The second-order valence-electron chi connectivity index (χ2n) is 8.30. The number of rotatable bonds is 10. The Morgan fingerprint density at radius 2 is 1.89 bits per heavy atom. The smallest absolute Gasteiger partial charge is 0.295 e. The molecule has 0 aliphatic carbocycles. The third-order valence-corrected chi connectivity index (χ3v) is 5.93. The molecule has 1 amide bonds. The molecule has 1 aliphatic heterocycles. The molecule has 1 unspecified atom stereocenters. The minimum Gasteiger partial charge on any atom is -0.507 e. The highest BCUT2D eigenvalue weighted by atomic mass is 16.5. The summed E-state index contributed by atoms with van der Waals surface area (Å²) in [7, 11) is 1.53. The van der Waals surface area contributed by atoms with Crippen LogP contribution in [0.3, 0.4) is 0 Å². The van der Waals surface area contributed by atoms with Crippen LogP contribution in [0.1, 0.15) is 36.9 Å². The Labute approximate surface area is 204 Å². The van der Waals surface area contributed by atoms with Gasteiger partial charge in [-0.1, -0.05) is 31.2 Å². The summed E-state index contributed by atoms with van der Waals surface area (Å²) in [6, 6.07) is 13.4. The molecule has 35 heavy (non-hydrogen) atoms. The Morgan fingerprint density at radius 1 is 1.09 bits per heavy atom. The summed E-state index contributed by atoms with van der Waals surface area (Å²) >= 11 is 0. The number of amides is 1. The molecule has 3 aromatic rings. The molecule has 8 nitrogen and oxygen atoms in total. The van der Waals surface area contributed by atoms with E-state index in [0.717, 1.165) is 12.0 Å². The first-order chi connectivity index (χ1) is 17.0. The van der Waals surface area contributed by atoms with E-state index in [1.807, 2.05) is 42.0 Å². The summed E-state index contributed by atoms with van der Waals surface area (Å²) in [4.78, 5) is 31.9. The molecule has 0 spiro atoms. The molecule has 0 radical (unpaired) electrons. The zero-order valence-electron chi connectivity index (χ0n) is 19.9. The number of hydrogen-bond acceptors (Lipinski definition) is 6. The number of imidazole rings is 1. The Balaban J connectivity index is 1.71. The topological polar surface area (TPSA) is 93.9 Å². The van der Waals surface area contributed by atoms with Crippen LogP contribution < -0.4 is 9.47 Å². The minimum absolute atomic E-state index is 0.0631. The molecule has 1 fully saturated rings. The summed E-state index contributed by atoms with van der Waals surface area (Å²) in [5.41, 5.74) is 1.20. The van der Waals surface area contributed by atoms with Gasteiger partial charge in [-0.15, -0.1) is 0 Å². The molecule has 2 aromatic carbocycles. The maximum Gasteiger partial charge on any atom is 0.295 e. The number of aliphatic hydroxyl groups is 1. The number of methoxy groups -OCH3 is 1. The van der Waals surface area contributed by atoms with E-state index in [1.165, 1.54) is 12.0 Å². The van der Waals surface area contributed by atoms with Crippen LogP contribution in [-0.4, -0.2) is 51.5 Å². The molecule has 2 heterocycles. The molecule has 1 aliphatic rings. The molecule has 1 aromatic heterocycles. The van der Waals surface area contributed by atoms with Gasteiger partial charge in [0.05, 0.1) is 31.7 Å². The first-order valence-electron chi connectivity index (χ1n) is 11.6. The van der Waals surface area contributed by atoms with E-state index < -0.39 is 17.7 Å². The van der Waals surface area contributed by atoms with E-state index in [4.69, 9.17) is 9.47 Å². The van der Waals surface area contributed by atoms with Crippen molar-refractivity contribution >= 4 is 17.4 Å². The summed E-state index contributed by atoms with van der Waals surface area (Å²) in [5, 5.41) is 11.2. The molecule has 8 heteroatoms. The van der Waals surface area contributed by atoms with Gasteiger partial charge in [0, 0.05) is 31.0 Å². The molecule has 0 saturated carbocycles. The fourth-order valence-corrected chi connectivity index (χ4v) is 4.19. The molecule has 1 saturated heterocycles. The Hall–Kier alpha value is -4.07. The van der Waals surface area contributed by atoms with Crippen LogP contribution in [0.15, 0.2) is 72.8 Å². The zero-order chi connectivity index (χ0) is 24.8. The summed E-state index contributed by atoms with van der Waals surface area (Å²) in [6.45, 7) is 3.62. The normalized spacial score (nSPS) is 17.1. The van der Waals surface area contributed by atoms with Gasteiger partial charge in [-0.2, -0.15) is 0 Å². The van der Waals surface area contributed by atoms with Crippen molar-refractivity contribution in [3.8, 4) is 11.5 Å². The van der Waals surface area contributed by atoms with Gasteiger partial charge in [-0.05, 0) is 42.7 Å². The van der Waals surface area contributed by atoms with E-state index in [-0.39, 0.29) is 11.3 Å². The van der Waals surface area contributed by atoms with E-state index in [9.17, 15) is 14.7 Å². The highest BCUT2D eigenvalue weighted by Crippen LogP contribution is 2.40. The van der Waals surface area contributed by atoms with Crippen molar-refractivity contribution in [1.29, 1.82) is 0 Å². The molecule has 1 N–H and O–H groups in total. The summed E-state index contributed by atoms with van der Waals surface area (Å²) in [5.74, 6) is -0.311. The van der Waals surface area contributed by atoms with Crippen molar-refractivity contribution in [3.05, 3.63) is 84.0 Å². The van der Waals surface area contributed by atoms with Gasteiger partial charge < -0.3 is 24.0 Å². The number of hydrogen-bond donors (Lipinski definition) is 1. The van der Waals surface area contributed by atoms with E-state index in [1.54, 1.807) is 36.8 Å². The highest BCUT2D eigenvalue weighted by molar-refractivity contribution is 6.46. The number of aryl methyl sites for hydroxylation is 1. The fraction of sp³-hybridized carbons (Fsp3) is 0.296. The average molecular weight is 476 g/mol. The first kappa shape index (κ1) is 24.1. The van der Waals surface area contributed by atoms with Crippen molar-refractivity contribution in [2.75, 3.05) is 20.3 Å². The number of Topliss-reactive ketones (excluding diaryl/α,β-unsaturated/α-hetero) is 1. The number of nitrogens with zero attached hydrogens (tertiary/aromatic N) is 3. The van der Waals surface area contributed by atoms with Crippen LogP contribution in [-0.2, 0) is 16.1 Å². The highest BCUT2D eigenvalue weighted by Gasteiger charge is 2.45. The van der Waals surface area contributed by atoms with Gasteiger partial charge in [0.15, 0.2) is 0 Å². The lowest BCUT2D eigenvalue weighted by molar-refractivity contribution is -0.139. The predicted molar refractivity (Wildman–Crippen MR) is 131 cm³/mol. The summed E-state index contributed by atoms with van der Waals surface area (Å²) in [6.07, 6.45) is 6.77. The number of aromatic nitrogens is 2. The van der Waals surface area contributed by atoms with Gasteiger partial charge in [0.25, 0.3) is 11.7 Å².